The summed E-state index contributed by atoms with van der Waals surface area (Å²) in [7, 11) is 2.00. The molecule has 0 aliphatic heterocycles. The molecule has 0 N–H and O–H groups in total. The van der Waals surface area contributed by atoms with Crippen LogP contribution in [0.3, 0.4) is 0 Å². The van der Waals surface area contributed by atoms with Crippen LogP contribution in [-0.4, -0.2) is 29.1 Å². The Bertz CT molecular complexity index is 932. The number of nitrogens with zero attached hydrogens (tertiary/aromatic N) is 6. The Morgan fingerprint density at radius 1 is 0.875 bits per heavy atom. The zero-order valence-electron chi connectivity index (χ0n) is 13.4. The lowest BCUT2D eigenvalue weighted by molar-refractivity contribution is 0.501. The summed E-state index contributed by atoms with van der Waals surface area (Å²) in [5.41, 5.74) is 3.14. The molecule has 0 radical (unpaired) electrons. The average Bonchev–Trinajstić information content (AvgIpc) is 3.35. The Morgan fingerprint density at radius 3 is 2.54 bits per heavy atom. The minimum atomic E-state index is 0.792. The smallest absolute Gasteiger partial charge is 0.139 e. The average molecular weight is 318 g/mol. The van der Waals surface area contributed by atoms with Crippen molar-refractivity contribution >= 4 is 0 Å². The summed E-state index contributed by atoms with van der Waals surface area (Å²) in [4.78, 5) is 4.41. The molecule has 0 aliphatic carbocycles. The van der Waals surface area contributed by atoms with Gasteiger partial charge in [0, 0.05) is 49.2 Å². The van der Waals surface area contributed by atoms with E-state index in [0.29, 0.717) is 0 Å². The lowest BCUT2D eigenvalue weighted by Crippen LogP contribution is -2.08. The fraction of sp³-hybridized carbons (Fsp3) is 0.167. The van der Waals surface area contributed by atoms with Crippen LogP contribution in [0.4, 0.5) is 0 Å². The SMILES string of the molecule is Cn1ccnc1-c1cccc(-c2ccn(CCn3cccn3)n2)c1. The van der Waals surface area contributed by atoms with E-state index < -0.39 is 0 Å². The molecule has 3 heterocycles. The molecule has 4 aromatic rings. The maximum atomic E-state index is 4.67. The topological polar surface area (TPSA) is 53.5 Å². The van der Waals surface area contributed by atoms with Gasteiger partial charge in [0.25, 0.3) is 0 Å². The Labute approximate surface area is 140 Å². The number of aromatic nitrogens is 6. The summed E-state index contributed by atoms with van der Waals surface area (Å²) < 4.78 is 5.87. The van der Waals surface area contributed by atoms with Crippen LogP contribution < -0.4 is 0 Å². The second-order valence-electron chi connectivity index (χ2n) is 5.68. The van der Waals surface area contributed by atoms with Crippen LogP contribution >= 0.6 is 0 Å². The van der Waals surface area contributed by atoms with Gasteiger partial charge >= 0.3 is 0 Å². The summed E-state index contributed by atoms with van der Waals surface area (Å²) in [6.07, 6.45) is 9.52. The zero-order chi connectivity index (χ0) is 16.4. The molecular weight excluding hydrogens is 300 g/mol. The number of benzene rings is 1. The molecule has 0 amide bonds. The summed E-state index contributed by atoms with van der Waals surface area (Å²) in [6.45, 7) is 1.60. The minimum absolute atomic E-state index is 0.792. The first-order chi connectivity index (χ1) is 11.8. The second-order valence-corrected chi connectivity index (χ2v) is 5.68. The van der Waals surface area contributed by atoms with Gasteiger partial charge in [-0.15, -0.1) is 0 Å². The number of rotatable bonds is 5. The highest BCUT2D eigenvalue weighted by Gasteiger charge is 2.07. The maximum Gasteiger partial charge on any atom is 0.139 e. The molecule has 0 atom stereocenters. The van der Waals surface area contributed by atoms with E-state index in [1.807, 2.05) is 64.0 Å². The van der Waals surface area contributed by atoms with Crippen molar-refractivity contribution in [3.8, 4) is 22.6 Å². The van der Waals surface area contributed by atoms with E-state index in [-0.39, 0.29) is 0 Å². The lowest BCUT2D eigenvalue weighted by Gasteiger charge is -2.04. The van der Waals surface area contributed by atoms with Gasteiger partial charge < -0.3 is 4.57 Å². The Kier molecular flexibility index (Phi) is 3.70. The van der Waals surface area contributed by atoms with Crippen LogP contribution in [0.15, 0.2) is 67.4 Å². The molecular formula is C18H18N6. The molecule has 120 valence electrons. The first kappa shape index (κ1) is 14.4. The van der Waals surface area contributed by atoms with Gasteiger partial charge in [-0.1, -0.05) is 18.2 Å². The monoisotopic (exact) mass is 318 g/mol. The normalized spacial score (nSPS) is 11.0. The van der Waals surface area contributed by atoms with Crippen molar-refractivity contribution in [2.24, 2.45) is 7.05 Å². The van der Waals surface area contributed by atoms with Gasteiger partial charge in [-0.25, -0.2) is 4.98 Å². The standard InChI is InChI=1S/C18H18N6/c1-22-11-8-19-18(22)16-5-2-4-15(14-16)17-6-10-24(21-17)13-12-23-9-3-7-20-23/h2-11,14H,12-13H2,1H3. The molecule has 6 nitrogen and oxygen atoms in total. The van der Waals surface area contributed by atoms with E-state index in [1.165, 1.54) is 0 Å². The number of hydrogen-bond donors (Lipinski definition) is 0. The third kappa shape index (κ3) is 2.86. The molecule has 0 spiro atoms. The lowest BCUT2D eigenvalue weighted by atomic mass is 10.1. The van der Waals surface area contributed by atoms with Crippen LogP contribution in [0.25, 0.3) is 22.6 Å². The van der Waals surface area contributed by atoms with Crippen molar-refractivity contribution in [2.45, 2.75) is 13.1 Å². The highest BCUT2D eigenvalue weighted by Crippen LogP contribution is 2.24. The molecule has 0 saturated heterocycles. The van der Waals surface area contributed by atoms with Crippen molar-refractivity contribution in [3.05, 3.63) is 67.4 Å². The third-order valence-electron chi connectivity index (χ3n) is 4.00. The van der Waals surface area contributed by atoms with E-state index in [1.54, 1.807) is 6.20 Å². The van der Waals surface area contributed by atoms with Crippen LogP contribution in [-0.2, 0) is 20.1 Å². The molecule has 0 aliphatic rings. The molecule has 0 bridgehead atoms. The van der Waals surface area contributed by atoms with E-state index in [2.05, 4.69) is 33.4 Å². The van der Waals surface area contributed by atoms with Gasteiger partial charge in [0.05, 0.1) is 18.8 Å². The van der Waals surface area contributed by atoms with E-state index in [4.69, 9.17) is 0 Å². The van der Waals surface area contributed by atoms with Gasteiger partial charge in [0.1, 0.15) is 5.82 Å². The van der Waals surface area contributed by atoms with Gasteiger partial charge in [-0.05, 0) is 18.2 Å². The van der Waals surface area contributed by atoms with Crippen molar-refractivity contribution in [2.75, 3.05) is 0 Å². The van der Waals surface area contributed by atoms with E-state index >= 15 is 0 Å². The molecule has 0 fully saturated rings. The first-order valence-corrected chi connectivity index (χ1v) is 7.88. The maximum absolute atomic E-state index is 4.67. The molecule has 1 aromatic carbocycles. The first-order valence-electron chi connectivity index (χ1n) is 7.88. The summed E-state index contributed by atoms with van der Waals surface area (Å²) in [5, 5.41) is 8.88. The van der Waals surface area contributed by atoms with Crippen molar-refractivity contribution in [1.82, 2.24) is 29.1 Å². The predicted molar refractivity (Wildman–Crippen MR) is 92.1 cm³/mol. The fourth-order valence-electron chi connectivity index (χ4n) is 2.74. The van der Waals surface area contributed by atoms with Crippen LogP contribution in [0.1, 0.15) is 0 Å². The Morgan fingerprint density at radius 2 is 1.75 bits per heavy atom. The predicted octanol–water partition coefficient (Wildman–Crippen LogP) is 2.85. The number of imidazole rings is 1. The van der Waals surface area contributed by atoms with Gasteiger partial charge in [0.15, 0.2) is 0 Å². The molecule has 6 heteroatoms. The highest BCUT2D eigenvalue weighted by molar-refractivity contribution is 5.67. The number of hydrogen-bond acceptors (Lipinski definition) is 3. The van der Waals surface area contributed by atoms with Gasteiger partial charge in [-0.2, -0.15) is 10.2 Å². The molecule has 0 unspecified atom stereocenters. The quantitative estimate of drug-likeness (QED) is 0.568. The molecule has 3 aromatic heterocycles. The zero-order valence-corrected chi connectivity index (χ0v) is 13.4. The van der Waals surface area contributed by atoms with Crippen molar-refractivity contribution in [3.63, 3.8) is 0 Å². The number of aryl methyl sites for hydroxylation is 3. The minimum Gasteiger partial charge on any atom is -0.334 e. The van der Waals surface area contributed by atoms with Crippen LogP contribution in [0.5, 0.6) is 0 Å². The van der Waals surface area contributed by atoms with Gasteiger partial charge in [-0.3, -0.25) is 9.36 Å². The third-order valence-corrected chi connectivity index (χ3v) is 4.00. The molecule has 24 heavy (non-hydrogen) atoms. The highest BCUT2D eigenvalue weighted by atomic mass is 15.3. The summed E-state index contributed by atoms with van der Waals surface area (Å²) in [6, 6.07) is 12.3. The second kappa shape index (κ2) is 6.16. The van der Waals surface area contributed by atoms with E-state index in [0.717, 1.165) is 35.7 Å². The van der Waals surface area contributed by atoms with Gasteiger partial charge in [0.2, 0.25) is 0 Å². The van der Waals surface area contributed by atoms with Crippen LogP contribution in [0, 0.1) is 0 Å². The summed E-state index contributed by atoms with van der Waals surface area (Å²) >= 11 is 0. The fourth-order valence-corrected chi connectivity index (χ4v) is 2.74. The Balaban J connectivity index is 1.55. The van der Waals surface area contributed by atoms with Crippen molar-refractivity contribution < 1.29 is 0 Å². The molecule has 4 rings (SSSR count). The molecule has 0 saturated carbocycles. The Hall–Kier alpha value is -3.15. The summed E-state index contributed by atoms with van der Waals surface area (Å²) in [5.74, 6) is 0.954. The van der Waals surface area contributed by atoms with Crippen LogP contribution in [0.2, 0.25) is 0 Å². The largest absolute Gasteiger partial charge is 0.334 e. The van der Waals surface area contributed by atoms with E-state index in [9.17, 15) is 0 Å². The van der Waals surface area contributed by atoms with Crippen molar-refractivity contribution in [1.29, 1.82) is 0 Å².